The maximum absolute atomic E-state index is 13.1. The van der Waals surface area contributed by atoms with Crippen LogP contribution in [0.4, 0.5) is 0 Å². The van der Waals surface area contributed by atoms with E-state index in [2.05, 4.69) is 42.7 Å². The van der Waals surface area contributed by atoms with E-state index in [4.69, 9.17) is 5.10 Å². The lowest BCUT2D eigenvalue weighted by atomic mass is 9.90. The van der Waals surface area contributed by atoms with Gasteiger partial charge in [0, 0.05) is 50.0 Å². The normalized spacial score (nSPS) is 21.6. The molecule has 1 amide bonds. The van der Waals surface area contributed by atoms with Crippen molar-refractivity contribution in [2.24, 2.45) is 5.92 Å². The summed E-state index contributed by atoms with van der Waals surface area (Å²) in [5.74, 6) is 0.771. The number of aromatic nitrogens is 2. The van der Waals surface area contributed by atoms with E-state index in [0.717, 1.165) is 58.5 Å². The third-order valence-corrected chi connectivity index (χ3v) is 5.45. The second-order valence-corrected chi connectivity index (χ2v) is 7.93. The number of aryl methyl sites for hydroxylation is 1. The molecular formula is C19H33N5O. The molecule has 0 radical (unpaired) electrons. The van der Waals surface area contributed by atoms with Crippen molar-refractivity contribution in [2.45, 2.75) is 52.6 Å². The Morgan fingerprint density at radius 1 is 1.28 bits per heavy atom. The molecule has 2 aliphatic rings. The van der Waals surface area contributed by atoms with Gasteiger partial charge in [-0.1, -0.05) is 13.8 Å². The minimum Gasteiger partial charge on any atom is -0.335 e. The highest BCUT2D eigenvalue weighted by molar-refractivity contribution is 5.94. The van der Waals surface area contributed by atoms with Crippen molar-refractivity contribution in [1.82, 2.24) is 24.9 Å². The summed E-state index contributed by atoms with van der Waals surface area (Å²) >= 11 is 0. The van der Waals surface area contributed by atoms with Gasteiger partial charge in [-0.3, -0.25) is 9.48 Å². The topological polar surface area (TPSA) is 53.4 Å². The van der Waals surface area contributed by atoms with Crippen LogP contribution in [0.1, 0.15) is 48.9 Å². The smallest absolute Gasteiger partial charge is 0.274 e. The molecule has 1 saturated heterocycles. The van der Waals surface area contributed by atoms with E-state index in [-0.39, 0.29) is 5.91 Å². The van der Waals surface area contributed by atoms with E-state index in [1.807, 2.05) is 4.90 Å². The summed E-state index contributed by atoms with van der Waals surface area (Å²) in [6.07, 6.45) is 3.08. The van der Waals surface area contributed by atoms with Crippen LogP contribution < -0.4 is 5.32 Å². The van der Waals surface area contributed by atoms with Crippen molar-refractivity contribution in [3.05, 3.63) is 17.0 Å². The van der Waals surface area contributed by atoms with E-state index < -0.39 is 0 Å². The van der Waals surface area contributed by atoms with Crippen LogP contribution >= 0.6 is 0 Å². The van der Waals surface area contributed by atoms with Gasteiger partial charge in [0.15, 0.2) is 5.69 Å². The van der Waals surface area contributed by atoms with E-state index >= 15 is 0 Å². The van der Waals surface area contributed by atoms with Crippen molar-refractivity contribution in [3.63, 3.8) is 0 Å². The van der Waals surface area contributed by atoms with E-state index in [1.54, 1.807) is 0 Å². The number of piperazine rings is 1. The van der Waals surface area contributed by atoms with E-state index in [1.165, 1.54) is 11.3 Å². The molecule has 1 fully saturated rings. The Balaban J connectivity index is 1.78. The summed E-state index contributed by atoms with van der Waals surface area (Å²) in [6.45, 7) is 11.9. The summed E-state index contributed by atoms with van der Waals surface area (Å²) in [4.78, 5) is 17.3. The zero-order valence-electron chi connectivity index (χ0n) is 16.2. The molecule has 6 heteroatoms. The fraction of sp³-hybridized carbons (Fsp3) is 0.789. The van der Waals surface area contributed by atoms with Crippen molar-refractivity contribution in [2.75, 3.05) is 39.8 Å². The maximum Gasteiger partial charge on any atom is 0.274 e. The molecule has 0 aromatic carbocycles. The predicted octanol–water partition coefficient (Wildman–Crippen LogP) is 1.39. The van der Waals surface area contributed by atoms with E-state index in [9.17, 15) is 4.79 Å². The molecule has 0 spiro atoms. The lowest BCUT2D eigenvalue weighted by Crippen LogP contribution is -2.47. The van der Waals surface area contributed by atoms with Crippen LogP contribution in [0.3, 0.4) is 0 Å². The molecule has 2 heterocycles. The van der Waals surface area contributed by atoms with Crippen LogP contribution in [0.15, 0.2) is 0 Å². The van der Waals surface area contributed by atoms with Gasteiger partial charge >= 0.3 is 0 Å². The van der Waals surface area contributed by atoms with Gasteiger partial charge in [0.25, 0.3) is 5.91 Å². The van der Waals surface area contributed by atoms with Gasteiger partial charge in [0.1, 0.15) is 0 Å². The number of hydrogen-bond acceptors (Lipinski definition) is 4. The summed E-state index contributed by atoms with van der Waals surface area (Å²) < 4.78 is 2.05. The van der Waals surface area contributed by atoms with Gasteiger partial charge in [-0.25, -0.2) is 0 Å². The highest BCUT2D eigenvalue weighted by Crippen LogP contribution is 2.26. The third-order valence-electron chi connectivity index (χ3n) is 5.45. The number of nitrogens with zero attached hydrogens (tertiary/aromatic N) is 4. The molecule has 1 unspecified atom stereocenters. The highest BCUT2D eigenvalue weighted by atomic mass is 16.2. The van der Waals surface area contributed by atoms with Crippen molar-refractivity contribution >= 4 is 5.91 Å². The Bertz CT molecular complexity index is 601. The average Bonchev–Trinajstić information content (AvgIpc) is 2.98. The summed E-state index contributed by atoms with van der Waals surface area (Å²) in [5.41, 5.74) is 3.18. The number of hydrogen-bond donors (Lipinski definition) is 1. The molecule has 1 aliphatic carbocycles. The zero-order valence-corrected chi connectivity index (χ0v) is 16.2. The molecule has 1 aliphatic heterocycles. The summed E-state index contributed by atoms with van der Waals surface area (Å²) in [5, 5.41) is 8.39. The molecule has 1 N–H and O–H groups in total. The monoisotopic (exact) mass is 347 g/mol. The van der Waals surface area contributed by atoms with Crippen molar-refractivity contribution in [1.29, 1.82) is 0 Å². The first-order chi connectivity index (χ1) is 12.0. The van der Waals surface area contributed by atoms with Crippen molar-refractivity contribution in [3.8, 4) is 0 Å². The number of carbonyl (C=O) groups excluding carboxylic acids is 1. The minimum absolute atomic E-state index is 0.126. The van der Waals surface area contributed by atoms with E-state index in [0.29, 0.717) is 17.7 Å². The fourth-order valence-corrected chi connectivity index (χ4v) is 3.86. The lowest BCUT2D eigenvalue weighted by molar-refractivity contribution is 0.0656. The van der Waals surface area contributed by atoms with Crippen LogP contribution in [-0.2, 0) is 19.4 Å². The number of likely N-dealkylation sites (N-methyl/N-ethyl adjacent to an activating group) is 1. The van der Waals surface area contributed by atoms with Crippen molar-refractivity contribution < 1.29 is 4.79 Å². The van der Waals surface area contributed by atoms with Gasteiger partial charge in [0.2, 0.25) is 0 Å². The Labute approximate surface area is 151 Å². The molecule has 0 saturated carbocycles. The molecule has 6 nitrogen and oxygen atoms in total. The number of fused-ring (bicyclic) bond motifs is 1. The van der Waals surface area contributed by atoms with Gasteiger partial charge in [0.05, 0.1) is 0 Å². The Morgan fingerprint density at radius 3 is 2.64 bits per heavy atom. The average molecular weight is 348 g/mol. The Morgan fingerprint density at radius 2 is 2.00 bits per heavy atom. The fourth-order valence-electron chi connectivity index (χ4n) is 3.86. The highest BCUT2D eigenvalue weighted by Gasteiger charge is 2.31. The van der Waals surface area contributed by atoms with Crippen LogP contribution in [0.2, 0.25) is 0 Å². The SMILES string of the molecule is CCn1nc(C(=O)N2CCN(C)CC2)c2c1CCC(NCC(C)C)C2. The molecule has 3 rings (SSSR count). The van der Waals surface area contributed by atoms with Crippen LogP contribution in [0.5, 0.6) is 0 Å². The minimum atomic E-state index is 0.126. The molecule has 25 heavy (non-hydrogen) atoms. The third kappa shape index (κ3) is 4.06. The molecule has 1 aromatic heterocycles. The second-order valence-electron chi connectivity index (χ2n) is 7.93. The molecule has 0 bridgehead atoms. The second kappa shape index (κ2) is 7.87. The number of rotatable bonds is 5. The van der Waals surface area contributed by atoms with Gasteiger partial charge < -0.3 is 15.1 Å². The molecular weight excluding hydrogens is 314 g/mol. The van der Waals surface area contributed by atoms with Crippen LogP contribution in [0, 0.1) is 5.92 Å². The van der Waals surface area contributed by atoms with Crippen LogP contribution in [-0.4, -0.2) is 71.3 Å². The maximum atomic E-state index is 13.1. The zero-order chi connectivity index (χ0) is 18.0. The largest absolute Gasteiger partial charge is 0.335 e. The first-order valence-corrected chi connectivity index (χ1v) is 9.79. The molecule has 140 valence electrons. The van der Waals surface area contributed by atoms with Crippen LogP contribution in [0.25, 0.3) is 0 Å². The first-order valence-electron chi connectivity index (χ1n) is 9.79. The van der Waals surface area contributed by atoms with Gasteiger partial charge in [-0.2, -0.15) is 5.10 Å². The predicted molar refractivity (Wildman–Crippen MR) is 100.0 cm³/mol. The van der Waals surface area contributed by atoms with Gasteiger partial charge in [-0.15, -0.1) is 0 Å². The summed E-state index contributed by atoms with van der Waals surface area (Å²) in [7, 11) is 2.11. The molecule has 1 aromatic rings. The van der Waals surface area contributed by atoms with Gasteiger partial charge in [-0.05, 0) is 45.7 Å². The first kappa shape index (κ1) is 18.4. The lowest BCUT2D eigenvalue weighted by Gasteiger charge is -2.32. The Kier molecular flexibility index (Phi) is 5.79. The summed E-state index contributed by atoms with van der Waals surface area (Å²) in [6, 6.07) is 0.462. The number of carbonyl (C=O) groups is 1. The number of nitrogens with one attached hydrogen (secondary N) is 1. The standard InChI is InChI=1S/C19H33N5O/c1-5-24-17-7-6-15(20-13-14(2)3)12-16(17)18(21-24)19(25)23-10-8-22(4)9-11-23/h14-15,20H,5-13H2,1-4H3. The quantitative estimate of drug-likeness (QED) is 0.875. The molecule has 1 atom stereocenters. The Hall–Kier alpha value is -1.40. The number of amides is 1.